The van der Waals surface area contributed by atoms with Crippen molar-refractivity contribution in [3.63, 3.8) is 0 Å². The molecule has 1 saturated heterocycles. The number of hydrogen-bond donors (Lipinski definition) is 1. The lowest BCUT2D eigenvalue weighted by Crippen LogP contribution is -2.49. The summed E-state index contributed by atoms with van der Waals surface area (Å²) in [6.07, 6.45) is 4.33. The lowest BCUT2D eigenvalue weighted by molar-refractivity contribution is 0.00442. The van der Waals surface area contributed by atoms with Crippen molar-refractivity contribution >= 4 is 22.4 Å². The van der Waals surface area contributed by atoms with Crippen molar-refractivity contribution in [2.24, 2.45) is 11.7 Å². The summed E-state index contributed by atoms with van der Waals surface area (Å²) in [7, 11) is -3.11. The second kappa shape index (κ2) is 7.05. The zero-order chi connectivity index (χ0) is 12.3. The van der Waals surface area contributed by atoms with Crippen molar-refractivity contribution in [3.8, 4) is 0 Å². The summed E-state index contributed by atoms with van der Waals surface area (Å²) in [5.41, 5.74) is 5.53. The average molecular weight is 299 g/mol. The molecule has 1 aliphatic heterocycles. The topological polar surface area (TPSA) is 72.6 Å². The molecule has 1 atom stereocenters. The van der Waals surface area contributed by atoms with Crippen LogP contribution in [0.3, 0.4) is 0 Å². The van der Waals surface area contributed by atoms with Crippen molar-refractivity contribution < 1.29 is 13.2 Å². The zero-order valence-corrected chi connectivity index (χ0v) is 12.2. The first-order valence-electron chi connectivity index (χ1n) is 6.41. The van der Waals surface area contributed by atoms with Gasteiger partial charge in [0.15, 0.2) is 0 Å². The number of rotatable bonds is 4. The van der Waals surface area contributed by atoms with Gasteiger partial charge in [-0.05, 0) is 18.8 Å². The predicted octanol–water partition coefficient (Wildman–Crippen LogP) is 0.588. The molecule has 0 bridgehead atoms. The van der Waals surface area contributed by atoms with Crippen LogP contribution in [0.5, 0.6) is 0 Å². The van der Waals surface area contributed by atoms with Crippen LogP contribution in [0.25, 0.3) is 0 Å². The first-order valence-corrected chi connectivity index (χ1v) is 8.02. The molecule has 2 aliphatic rings. The molecule has 1 saturated carbocycles. The second-order valence-electron chi connectivity index (χ2n) is 5.02. The van der Waals surface area contributed by atoms with Crippen molar-refractivity contribution in [3.05, 3.63) is 0 Å². The van der Waals surface area contributed by atoms with Crippen molar-refractivity contribution in [1.82, 2.24) is 4.31 Å². The van der Waals surface area contributed by atoms with Crippen molar-refractivity contribution in [1.29, 1.82) is 0 Å². The van der Waals surface area contributed by atoms with E-state index in [0.717, 1.165) is 12.8 Å². The summed E-state index contributed by atoms with van der Waals surface area (Å²) in [5, 5.41) is 0. The molecule has 1 aliphatic carbocycles. The normalized spacial score (nSPS) is 27.1. The lowest BCUT2D eigenvalue weighted by atomic mass is 10.1. The Bertz CT molecular complexity index is 344. The van der Waals surface area contributed by atoms with E-state index in [4.69, 9.17) is 10.5 Å². The molecular weight excluding hydrogens is 276 g/mol. The summed E-state index contributed by atoms with van der Waals surface area (Å²) >= 11 is 0. The molecule has 0 radical (unpaired) electrons. The Morgan fingerprint density at radius 1 is 1.28 bits per heavy atom. The fraction of sp³-hybridized carbons (Fsp3) is 1.00. The van der Waals surface area contributed by atoms with E-state index < -0.39 is 10.0 Å². The Morgan fingerprint density at radius 3 is 2.56 bits per heavy atom. The van der Waals surface area contributed by atoms with E-state index >= 15 is 0 Å². The second-order valence-corrected chi connectivity index (χ2v) is 7.03. The summed E-state index contributed by atoms with van der Waals surface area (Å²) in [6, 6.07) is 0. The van der Waals surface area contributed by atoms with Gasteiger partial charge in [0.25, 0.3) is 0 Å². The van der Waals surface area contributed by atoms with E-state index in [2.05, 4.69) is 0 Å². The van der Waals surface area contributed by atoms with Gasteiger partial charge in [0.2, 0.25) is 10.0 Å². The monoisotopic (exact) mass is 298 g/mol. The predicted molar refractivity (Wildman–Crippen MR) is 73.4 cm³/mol. The highest BCUT2D eigenvalue weighted by Crippen LogP contribution is 2.27. The van der Waals surface area contributed by atoms with Gasteiger partial charge in [-0.15, -0.1) is 12.4 Å². The molecule has 7 heteroatoms. The minimum Gasteiger partial charge on any atom is -0.374 e. The summed E-state index contributed by atoms with van der Waals surface area (Å²) in [5.74, 6) is 0.670. The Kier molecular flexibility index (Phi) is 6.34. The van der Waals surface area contributed by atoms with Crippen LogP contribution >= 0.6 is 12.4 Å². The largest absolute Gasteiger partial charge is 0.374 e. The third-order valence-corrected chi connectivity index (χ3v) is 5.69. The molecule has 0 aromatic heterocycles. The molecule has 0 aromatic rings. The quantitative estimate of drug-likeness (QED) is 0.824. The fourth-order valence-corrected chi connectivity index (χ4v) is 4.55. The van der Waals surface area contributed by atoms with Crippen LogP contribution in [0, 0.1) is 5.92 Å². The number of ether oxygens (including phenoxy) is 1. The van der Waals surface area contributed by atoms with E-state index in [1.165, 1.54) is 12.8 Å². The van der Waals surface area contributed by atoms with Crippen LogP contribution in [0.4, 0.5) is 0 Å². The molecule has 0 spiro atoms. The number of sulfonamides is 1. The Balaban J connectivity index is 0.00000162. The smallest absolute Gasteiger partial charge is 0.214 e. The lowest BCUT2D eigenvalue weighted by Gasteiger charge is -2.32. The summed E-state index contributed by atoms with van der Waals surface area (Å²) in [4.78, 5) is 0. The first-order chi connectivity index (χ1) is 8.12. The van der Waals surface area contributed by atoms with Gasteiger partial charge in [0.1, 0.15) is 0 Å². The van der Waals surface area contributed by atoms with Crippen LogP contribution in [-0.4, -0.2) is 50.8 Å². The Morgan fingerprint density at radius 2 is 1.94 bits per heavy atom. The third kappa shape index (κ3) is 4.06. The molecule has 5 nitrogen and oxygen atoms in total. The van der Waals surface area contributed by atoms with Gasteiger partial charge < -0.3 is 10.5 Å². The minimum absolute atomic E-state index is 0. The van der Waals surface area contributed by atoms with Gasteiger partial charge in [0, 0.05) is 19.6 Å². The maximum atomic E-state index is 12.2. The van der Waals surface area contributed by atoms with Gasteiger partial charge in [-0.25, -0.2) is 8.42 Å². The maximum Gasteiger partial charge on any atom is 0.214 e. The number of halogens is 1. The average Bonchev–Trinajstić information content (AvgIpc) is 2.81. The molecular formula is C11H23ClN2O3S. The Labute approximate surface area is 116 Å². The van der Waals surface area contributed by atoms with Crippen LogP contribution < -0.4 is 5.73 Å². The van der Waals surface area contributed by atoms with E-state index in [0.29, 0.717) is 37.9 Å². The van der Waals surface area contributed by atoms with E-state index in [1.807, 2.05) is 0 Å². The highest BCUT2D eigenvalue weighted by atomic mass is 35.5. The van der Waals surface area contributed by atoms with Crippen molar-refractivity contribution in [2.75, 3.05) is 32.0 Å². The fourth-order valence-electron chi connectivity index (χ4n) is 2.67. The summed E-state index contributed by atoms with van der Waals surface area (Å²) in [6.45, 7) is 1.75. The van der Waals surface area contributed by atoms with E-state index in [9.17, 15) is 8.42 Å². The van der Waals surface area contributed by atoms with E-state index in [-0.39, 0.29) is 18.5 Å². The van der Waals surface area contributed by atoms with Gasteiger partial charge in [-0.3, -0.25) is 0 Å². The van der Waals surface area contributed by atoms with Crippen molar-refractivity contribution in [2.45, 2.75) is 31.8 Å². The highest BCUT2D eigenvalue weighted by Gasteiger charge is 2.31. The van der Waals surface area contributed by atoms with Gasteiger partial charge >= 0.3 is 0 Å². The molecule has 1 unspecified atom stereocenters. The molecule has 18 heavy (non-hydrogen) atoms. The zero-order valence-electron chi connectivity index (χ0n) is 10.6. The van der Waals surface area contributed by atoms with Gasteiger partial charge in [-0.1, -0.05) is 12.8 Å². The van der Waals surface area contributed by atoms with E-state index in [1.54, 1.807) is 4.31 Å². The van der Waals surface area contributed by atoms with Gasteiger partial charge in [-0.2, -0.15) is 4.31 Å². The SMILES string of the molecule is Cl.NCC1CN(S(=O)(=O)CC2CCCC2)CCO1. The first kappa shape index (κ1) is 16.2. The molecule has 1 heterocycles. The molecule has 0 amide bonds. The number of nitrogens with zero attached hydrogens (tertiary/aromatic N) is 1. The molecule has 0 aromatic carbocycles. The van der Waals surface area contributed by atoms with Crippen LogP contribution in [0.15, 0.2) is 0 Å². The maximum absolute atomic E-state index is 12.2. The number of hydrogen-bond acceptors (Lipinski definition) is 4. The third-order valence-electron chi connectivity index (χ3n) is 3.68. The van der Waals surface area contributed by atoms with Gasteiger partial charge in [0.05, 0.1) is 18.5 Å². The summed E-state index contributed by atoms with van der Waals surface area (Å²) < 4.78 is 31.4. The minimum atomic E-state index is -3.11. The Hall–Kier alpha value is 0.120. The molecule has 108 valence electrons. The number of nitrogens with two attached hydrogens (primary N) is 1. The standard InChI is InChI=1S/C11H22N2O3S.ClH/c12-7-11-8-13(5-6-16-11)17(14,15)9-10-3-1-2-4-10;/h10-11H,1-9,12H2;1H. The van der Waals surface area contributed by atoms with Crippen LogP contribution in [-0.2, 0) is 14.8 Å². The van der Waals surface area contributed by atoms with Crippen LogP contribution in [0.2, 0.25) is 0 Å². The number of morpholine rings is 1. The molecule has 2 N–H and O–H groups in total. The molecule has 2 fully saturated rings. The highest BCUT2D eigenvalue weighted by molar-refractivity contribution is 7.89. The molecule has 2 rings (SSSR count). The van der Waals surface area contributed by atoms with Crippen LogP contribution in [0.1, 0.15) is 25.7 Å².